The fraction of sp³-hybridized carbons (Fsp3) is 0.364. The molecule has 1 atom stereocenters. The molecule has 0 aliphatic carbocycles. The predicted molar refractivity (Wildman–Crippen MR) is 54.7 cm³/mol. The zero-order valence-corrected chi connectivity index (χ0v) is 8.60. The SMILES string of the molecule is O=C(O)N1CCO[C@@H](c2ccc(F)cc2)C1. The van der Waals surface area contributed by atoms with Crippen LogP contribution in [0.1, 0.15) is 11.7 Å². The minimum atomic E-state index is -0.949. The van der Waals surface area contributed by atoms with E-state index in [9.17, 15) is 9.18 Å². The molecule has 0 spiro atoms. The maximum atomic E-state index is 12.7. The van der Waals surface area contributed by atoms with Gasteiger partial charge in [-0.15, -0.1) is 0 Å². The van der Waals surface area contributed by atoms with Crippen molar-refractivity contribution in [1.82, 2.24) is 4.90 Å². The standard InChI is InChI=1S/C11H12FNO3/c12-9-3-1-8(2-4-9)10-7-13(11(14)15)5-6-16-10/h1-4,10H,5-7H2,(H,14,15)/t10-/m1/s1. The lowest BCUT2D eigenvalue weighted by Gasteiger charge is -2.31. The first-order valence-electron chi connectivity index (χ1n) is 5.02. The van der Waals surface area contributed by atoms with Gasteiger partial charge in [-0.2, -0.15) is 0 Å². The average molecular weight is 225 g/mol. The quantitative estimate of drug-likeness (QED) is 0.793. The maximum Gasteiger partial charge on any atom is 0.407 e. The van der Waals surface area contributed by atoms with E-state index < -0.39 is 6.09 Å². The third-order valence-corrected chi connectivity index (χ3v) is 2.58. The van der Waals surface area contributed by atoms with E-state index in [1.165, 1.54) is 17.0 Å². The molecule has 1 amide bonds. The number of benzene rings is 1. The molecule has 0 bridgehead atoms. The van der Waals surface area contributed by atoms with Crippen molar-refractivity contribution in [2.24, 2.45) is 0 Å². The molecular weight excluding hydrogens is 213 g/mol. The Morgan fingerprint density at radius 1 is 1.44 bits per heavy atom. The first-order chi connectivity index (χ1) is 7.66. The Kier molecular flexibility index (Phi) is 3.05. The second kappa shape index (κ2) is 4.49. The number of morpholine rings is 1. The molecule has 1 saturated heterocycles. The lowest BCUT2D eigenvalue weighted by Crippen LogP contribution is -2.41. The van der Waals surface area contributed by atoms with Gasteiger partial charge in [0.1, 0.15) is 11.9 Å². The van der Waals surface area contributed by atoms with Gasteiger partial charge in [-0.25, -0.2) is 9.18 Å². The molecule has 1 fully saturated rings. The fourth-order valence-corrected chi connectivity index (χ4v) is 1.70. The number of carbonyl (C=O) groups is 1. The number of halogens is 1. The highest BCUT2D eigenvalue weighted by Gasteiger charge is 2.24. The summed E-state index contributed by atoms with van der Waals surface area (Å²) in [6.45, 7) is 1.04. The Hall–Kier alpha value is -1.62. The van der Waals surface area contributed by atoms with Gasteiger partial charge in [-0.3, -0.25) is 0 Å². The van der Waals surface area contributed by atoms with E-state index in [1.807, 2.05) is 0 Å². The minimum Gasteiger partial charge on any atom is -0.465 e. The lowest BCUT2D eigenvalue weighted by molar-refractivity contribution is -0.0232. The molecule has 1 aliphatic heterocycles. The number of amides is 1. The van der Waals surface area contributed by atoms with Crippen LogP contribution in [0.4, 0.5) is 9.18 Å². The van der Waals surface area contributed by atoms with E-state index in [0.29, 0.717) is 19.7 Å². The van der Waals surface area contributed by atoms with E-state index >= 15 is 0 Å². The molecule has 2 rings (SSSR count). The van der Waals surface area contributed by atoms with Gasteiger partial charge in [-0.05, 0) is 17.7 Å². The fourth-order valence-electron chi connectivity index (χ4n) is 1.70. The zero-order chi connectivity index (χ0) is 11.5. The zero-order valence-electron chi connectivity index (χ0n) is 8.60. The third-order valence-electron chi connectivity index (χ3n) is 2.58. The highest BCUT2D eigenvalue weighted by atomic mass is 19.1. The summed E-state index contributed by atoms with van der Waals surface area (Å²) < 4.78 is 18.2. The molecule has 0 aromatic heterocycles. The summed E-state index contributed by atoms with van der Waals surface area (Å²) in [5.41, 5.74) is 0.798. The van der Waals surface area contributed by atoms with Gasteiger partial charge in [0.2, 0.25) is 0 Å². The molecule has 1 heterocycles. The molecule has 0 saturated carbocycles. The number of rotatable bonds is 1. The van der Waals surface area contributed by atoms with Crippen molar-refractivity contribution < 1.29 is 19.0 Å². The van der Waals surface area contributed by atoms with Crippen molar-refractivity contribution in [1.29, 1.82) is 0 Å². The van der Waals surface area contributed by atoms with E-state index in [4.69, 9.17) is 9.84 Å². The largest absolute Gasteiger partial charge is 0.465 e. The molecule has 0 unspecified atom stereocenters. The van der Waals surface area contributed by atoms with Crippen LogP contribution in [0.15, 0.2) is 24.3 Å². The predicted octanol–water partition coefficient (Wildman–Crippen LogP) is 1.88. The molecule has 1 aromatic carbocycles. The first kappa shape index (κ1) is 10.9. The van der Waals surface area contributed by atoms with Crippen molar-refractivity contribution in [3.05, 3.63) is 35.6 Å². The van der Waals surface area contributed by atoms with Crippen molar-refractivity contribution in [3.8, 4) is 0 Å². The van der Waals surface area contributed by atoms with Crippen molar-refractivity contribution in [2.45, 2.75) is 6.10 Å². The number of nitrogens with zero attached hydrogens (tertiary/aromatic N) is 1. The third kappa shape index (κ3) is 2.30. The van der Waals surface area contributed by atoms with E-state index in [2.05, 4.69) is 0 Å². The number of carboxylic acid groups (broad SMARTS) is 1. The van der Waals surface area contributed by atoms with E-state index in [0.717, 1.165) is 5.56 Å². The lowest BCUT2D eigenvalue weighted by atomic mass is 10.1. The van der Waals surface area contributed by atoms with Gasteiger partial charge in [0.15, 0.2) is 0 Å². The Morgan fingerprint density at radius 3 is 2.75 bits per heavy atom. The topological polar surface area (TPSA) is 49.8 Å². The second-order valence-corrected chi connectivity index (χ2v) is 3.64. The molecule has 86 valence electrons. The van der Waals surface area contributed by atoms with Gasteiger partial charge >= 0.3 is 6.09 Å². The number of hydrogen-bond donors (Lipinski definition) is 1. The van der Waals surface area contributed by atoms with Gasteiger partial charge in [0.25, 0.3) is 0 Å². The van der Waals surface area contributed by atoms with Crippen LogP contribution in [0.3, 0.4) is 0 Å². The molecule has 16 heavy (non-hydrogen) atoms. The summed E-state index contributed by atoms with van der Waals surface area (Å²) in [6, 6.07) is 5.92. The average Bonchev–Trinajstić information content (AvgIpc) is 2.30. The molecule has 0 radical (unpaired) electrons. The van der Waals surface area contributed by atoms with Crippen LogP contribution in [0.5, 0.6) is 0 Å². The Bertz CT molecular complexity index is 379. The molecule has 1 N–H and O–H groups in total. The second-order valence-electron chi connectivity index (χ2n) is 3.64. The normalized spacial score (nSPS) is 20.8. The van der Waals surface area contributed by atoms with Crippen molar-refractivity contribution >= 4 is 6.09 Å². The highest BCUT2D eigenvalue weighted by Crippen LogP contribution is 2.22. The summed E-state index contributed by atoms with van der Waals surface area (Å²) in [6.07, 6.45) is -1.25. The van der Waals surface area contributed by atoms with Crippen LogP contribution < -0.4 is 0 Å². The molecule has 1 aliphatic rings. The van der Waals surface area contributed by atoms with Crippen LogP contribution >= 0.6 is 0 Å². The molecular formula is C11H12FNO3. The van der Waals surface area contributed by atoms with Crippen molar-refractivity contribution in [3.63, 3.8) is 0 Å². The summed E-state index contributed by atoms with van der Waals surface area (Å²) in [4.78, 5) is 12.1. The van der Waals surface area contributed by atoms with Gasteiger partial charge in [0.05, 0.1) is 13.2 Å². The van der Waals surface area contributed by atoms with Crippen LogP contribution in [0.25, 0.3) is 0 Å². The number of hydrogen-bond acceptors (Lipinski definition) is 2. The summed E-state index contributed by atoms with van der Waals surface area (Å²) in [7, 11) is 0. The Balaban J connectivity index is 2.09. The molecule has 4 nitrogen and oxygen atoms in total. The van der Waals surface area contributed by atoms with Crippen molar-refractivity contribution in [2.75, 3.05) is 19.7 Å². The first-order valence-corrected chi connectivity index (χ1v) is 5.02. The summed E-state index contributed by atoms with van der Waals surface area (Å²) in [5, 5.41) is 8.86. The van der Waals surface area contributed by atoms with Gasteiger partial charge in [-0.1, -0.05) is 12.1 Å². The van der Waals surface area contributed by atoms with Crippen LogP contribution in [0.2, 0.25) is 0 Å². The van der Waals surface area contributed by atoms with Crippen LogP contribution in [-0.2, 0) is 4.74 Å². The van der Waals surface area contributed by atoms with Gasteiger partial charge in [0, 0.05) is 6.54 Å². The Morgan fingerprint density at radius 2 is 2.12 bits per heavy atom. The van der Waals surface area contributed by atoms with E-state index in [1.54, 1.807) is 12.1 Å². The monoisotopic (exact) mass is 225 g/mol. The summed E-state index contributed by atoms with van der Waals surface area (Å²) >= 11 is 0. The highest BCUT2D eigenvalue weighted by molar-refractivity contribution is 5.65. The summed E-state index contributed by atoms with van der Waals surface area (Å²) in [5.74, 6) is -0.311. The van der Waals surface area contributed by atoms with Gasteiger partial charge < -0.3 is 14.7 Å². The minimum absolute atomic E-state index is 0.293. The van der Waals surface area contributed by atoms with Crippen LogP contribution in [-0.4, -0.2) is 35.8 Å². The van der Waals surface area contributed by atoms with Crippen LogP contribution in [0, 0.1) is 5.82 Å². The molecule has 1 aromatic rings. The maximum absolute atomic E-state index is 12.7. The van der Waals surface area contributed by atoms with E-state index in [-0.39, 0.29) is 11.9 Å². The smallest absolute Gasteiger partial charge is 0.407 e. The number of ether oxygens (including phenoxy) is 1. The Labute approximate surface area is 92.2 Å². The molecule has 5 heteroatoms.